The summed E-state index contributed by atoms with van der Waals surface area (Å²) in [5, 5.41) is 9.02. The molecule has 12 heavy (non-hydrogen) atoms. The quantitative estimate of drug-likeness (QED) is 0.712. The summed E-state index contributed by atoms with van der Waals surface area (Å²) in [7, 11) is 0. The van der Waals surface area contributed by atoms with Crippen LogP contribution in [0.4, 0.5) is 0 Å². The molecule has 1 heterocycles. The Kier molecular flexibility index (Phi) is 3.18. The van der Waals surface area contributed by atoms with E-state index in [-0.39, 0.29) is 19.8 Å². The van der Waals surface area contributed by atoms with Gasteiger partial charge >= 0.3 is 6.95 Å². The highest BCUT2D eigenvalue weighted by atomic mass is 35.7. The molecule has 1 aliphatic heterocycles. The van der Waals surface area contributed by atoms with Crippen LogP contribution in [0, 0.1) is 5.41 Å². The zero-order valence-electron chi connectivity index (χ0n) is 6.83. The van der Waals surface area contributed by atoms with Gasteiger partial charge in [0.1, 0.15) is 0 Å². The lowest BCUT2D eigenvalue weighted by molar-refractivity contribution is -0.0178. The molecule has 1 saturated heterocycles. The summed E-state index contributed by atoms with van der Waals surface area (Å²) in [5.74, 6) is 0. The lowest BCUT2D eigenvalue weighted by Gasteiger charge is -2.35. The third-order valence-corrected chi connectivity index (χ3v) is 3.60. The molecule has 1 N–H and O–H groups in total. The fraction of sp³-hybridized carbons (Fsp3) is 1.00. The predicted octanol–water partition coefficient (Wildman–Crippen LogP) is 1.77. The van der Waals surface area contributed by atoms with E-state index < -0.39 is 12.4 Å². The minimum Gasteiger partial charge on any atom is -0.396 e. The van der Waals surface area contributed by atoms with Gasteiger partial charge in [0.05, 0.1) is 19.8 Å². The van der Waals surface area contributed by atoms with Crippen molar-refractivity contribution in [3.05, 3.63) is 0 Å². The third kappa shape index (κ3) is 2.21. The van der Waals surface area contributed by atoms with Gasteiger partial charge in [-0.05, 0) is 6.42 Å². The molecule has 1 fully saturated rings. The molecule has 4 nitrogen and oxygen atoms in total. The van der Waals surface area contributed by atoms with Crippen LogP contribution in [0.25, 0.3) is 0 Å². The van der Waals surface area contributed by atoms with E-state index in [1.807, 2.05) is 6.92 Å². The van der Waals surface area contributed by atoms with Gasteiger partial charge in [-0.3, -0.25) is 9.05 Å². The standard InChI is InChI=1S/C6H12ClO4P/c1-2-6(3-8)4-10-12(7,9)11-5-6/h8H,2-5H2,1H3. The van der Waals surface area contributed by atoms with Gasteiger partial charge in [-0.25, -0.2) is 4.57 Å². The molecule has 6 heteroatoms. The molecule has 0 unspecified atom stereocenters. The maximum Gasteiger partial charge on any atom is 0.424 e. The van der Waals surface area contributed by atoms with E-state index in [9.17, 15) is 4.57 Å². The van der Waals surface area contributed by atoms with Crippen molar-refractivity contribution in [2.45, 2.75) is 13.3 Å². The van der Waals surface area contributed by atoms with Crippen LogP contribution in [0.5, 0.6) is 0 Å². The van der Waals surface area contributed by atoms with Gasteiger partial charge in [0.25, 0.3) is 0 Å². The van der Waals surface area contributed by atoms with Crippen molar-refractivity contribution in [3.63, 3.8) is 0 Å². The van der Waals surface area contributed by atoms with Crippen LogP contribution >= 0.6 is 18.2 Å². The van der Waals surface area contributed by atoms with Crippen LogP contribution in [-0.4, -0.2) is 24.9 Å². The second-order valence-electron chi connectivity index (χ2n) is 2.99. The Labute approximate surface area is 76.1 Å². The first-order chi connectivity index (χ1) is 5.54. The molecule has 0 aliphatic carbocycles. The summed E-state index contributed by atoms with van der Waals surface area (Å²) in [6.45, 7) is -1.07. The fourth-order valence-corrected chi connectivity index (χ4v) is 2.14. The van der Waals surface area contributed by atoms with E-state index in [0.29, 0.717) is 6.42 Å². The van der Waals surface area contributed by atoms with Crippen molar-refractivity contribution in [1.82, 2.24) is 0 Å². The zero-order chi connectivity index (χ0) is 9.24. The highest BCUT2D eigenvalue weighted by molar-refractivity contribution is 7.81. The van der Waals surface area contributed by atoms with Gasteiger partial charge < -0.3 is 5.11 Å². The fourth-order valence-electron chi connectivity index (χ4n) is 0.914. The summed E-state index contributed by atoms with van der Waals surface area (Å²) in [4.78, 5) is 0. The van der Waals surface area contributed by atoms with Gasteiger partial charge in [0, 0.05) is 16.7 Å². The summed E-state index contributed by atoms with van der Waals surface area (Å²) in [6, 6.07) is 0. The van der Waals surface area contributed by atoms with Crippen molar-refractivity contribution in [1.29, 1.82) is 0 Å². The average Bonchev–Trinajstić information content (AvgIpc) is 2.06. The maximum absolute atomic E-state index is 11.0. The van der Waals surface area contributed by atoms with Crippen LogP contribution < -0.4 is 0 Å². The van der Waals surface area contributed by atoms with Crippen molar-refractivity contribution >= 4 is 18.2 Å². The minimum atomic E-state index is -3.33. The number of rotatable bonds is 2. The number of hydrogen-bond acceptors (Lipinski definition) is 4. The first kappa shape index (κ1) is 10.5. The van der Waals surface area contributed by atoms with Gasteiger partial charge in [-0.15, -0.1) is 0 Å². The van der Waals surface area contributed by atoms with Crippen LogP contribution in [0.1, 0.15) is 13.3 Å². The first-order valence-corrected chi connectivity index (χ1v) is 6.18. The second-order valence-corrected chi connectivity index (χ2v) is 5.61. The van der Waals surface area contributed by atoms with Crippen LogP contribution in [0.15, 0.2) is 0 Å². The Morgan fingerprint density at radius 3 is 2.42 bits per heavy atom. The molecule has 72 valence electrons. The normalized spacial score (nSPS) is 42.9. The minimum absolute atomic E-state index is 0.0413. The molecule has 0 bridgehead atoms. The maximum atomic E-state index is 11.0. The number of aliphatic hydroxyl groups is 1. The summed E-state index contributed by atoms with van der Waals surface area (Å²) < 4.78 is 20.6. The highest BCUT2D eigenvalue weighted by Gasteiger charge is 2.39. The van der Waals surface area contributed by atoms with Gasteiger partial charge in [0.2, 0.25) is 0 Å². The molecule has 0 aromatic heterocycles. The van der Waals surface area contributed by atoms with Gasteiger partial charge in [-0.1, -0.05) is 6.92 Å². The number of halogens is 1. The second kappa shape index (κ2) is 3.64. The molecule has 0 saturated carbocycles. The van der Waals surface area contributed by atoms with E-state index in [1.54, 1.807) is 0 Å². The SMILES string of the molecule is CCC1(CO)COP(=O)(Cl)OC1. The topological polar surface area (TPSA) is 55.8 Å². The average molecular weight is 215 g/mol. The predicted molar refractivity (Wildman–Crippen MR) is 45.2 cm³/mol. The Hall–Kier alpha value is 0.400. The van der Waals surface area contributed by atoms with Crippen molar-refractivity contribution in [2.75, 3.05) is 19.8 Å². The van der Waals surface area contributed by atoms with Gasteiger partial charge in [-0.2, -0.15) is 0 Å². The molecular formula is C6H12ClO4P. The molecule has 0 atom stereocenters. The zero-order valence-corrected chi connectivity index (χ0v) is 8.48. The lowest BCUT2D eigenvalue weighted by Crippen LogP contribution is -2.37. The smallest absolute Gasteiger partial charge is 0.396 e. The molecule has 0 aromatic carbocycles. The molecule has 0 amide bonds. The Bertz CT molecular complexity index is 190. The number of hydrogen-bond donors (Lipinski definition) is 1. The molecule has 1 rings (SSSR count). The Morgan fingerprint density at radius 1 is 1.58 bits per heavy atom. The van der Waals surface area contributed by atoms with Crippen LogP contribution in [0.2, 0.25) is 0 Å². The van der Waals surface area contributed by atoms with E-state index in [2.05, 4.69) is 0 Å². The third-order valence-electron chi connectivity index (χ3n) is 2.14. The Balaban J connectivity index is 2.59. The van der Waals surface area contributed by atoms with E-state index in [4.69, 9.17) is 25.4 Å². The van der Waals surface area contributed by atoms with Crippen LogP contribution in [-0.2, 0) is 13.6 Å². The summed E-state index contributed by atoms with van der Waals surface area (Å²) in [5.41, 5.74) is -0.428. The molecule has 0 spiro atoms. The first-order valence-electron chi connectivity index (χ1n) is 3.73. The largest absolute Gasteiger partial charge is 0.424 e. The van der Waals surface area contributed by atoms with E-state index in [0.717, 1.165) is 0 Å². The molecular weight excluding hydrogens is 202 g/mol. The van der Waals surface area contributed by atoms with E-state index >= 15 is 0 Å². The molecule has 0 radical (unpaired) electrons. The monoisotopic (exact) mass is 214 g/mol. The van der Waals surface area contributed by atoms with Crippen molar-refractivity contribution in [3.8, 4) is 0 Å². The summed E-state index contributed by atoms with van der Waals surface area (Å²) >= 11 is 5.34. The lowest BCUT2D eigenvalue weighted by atomic mass is 9.88. The summed E-state index contributed by atoms with van der Waals surface area (Å²) in [6.07, 6.45) is 0.709. The van der Waals surface area contributed by atoms with Crippen molar-refractivity contribution < 1.29 is 18.7 Å². The number of aliphatic hydroxyl groups excluding tert-OH is 1. The highest BCUT2D eigenvalue weighted by Crippen LogP contribution is 2.58. The van der Waals surface area contributed by atoms with Crippen LogP contribution in [0.3, 0.4) is 0 Å². The van der Waals surface area contributed by atoms with E-state index in [1.165, 1.54) is 0 Å². The molecule has 0 aromatic rings. The molecule has 1 aliphatic rings. The van der Waals surface area contributed by atoms with Crippen molar-refractivity contribution in [2.24, 2.45) is 5.41 Å². The Morgan fingerprint density at radius 2 is 2.08 bits per heavy atom. The van der Waals surface area contributed by atoms with Gasteiger partial charge in [0.15, 0.2) is 0 Å².